The van der Waals surface area contributed by atoms with Gasteiger partial charge in [-0.25, -0.2) is 4.98 Å². The Balaban J connectivity index is 1.47. The molecule has 4 nitrogen and oxygen atoms in total. The molecule has 0 aliphatic rings. The number of aryl methyl sites for hydroxylation is 1. The third-order valence-corrected chi connectivity index (χ3v) is 6.41. The van der Waals surface area contributed by atoms with Gasteiger partial charge >= 0.3 is 0 Å². The number of hydrogen-bond donors (Lipinski definition) is 2. The lowest BCUT2D eigenvalue weighted by molar-refractivity contribution is 0.0977. The minimum atomic E-state index is -0.341. The van der Waals surface area contributed by atoms with Crippen molar-refractivity contribution in [3.05, 3.63) is 81.8 Å². The van der Waals surface area contributed by atoms with Gasteiger partial charge in [-0.2, -0.15) is 0 Å². The van der Waals surface area contributed by atoms with Crippen molar-refractivity contribution < 1.29 is 4.79 Å². The summed E-state index contributed by atoms with van der Waals surface area (Å²) in [6.45, 7) is 1.87. The van der Waals surface area contributed by atoms with Crippen molar-refractivity contribution in [1.82, 2.24) is 10.3 Å². The fourth-order valence-corrected chi connectivity index (χ4v) is 4.55. The Morgan fingerprint density at radius 2 is 1.83 bits per heavy atom. The number of hydrogen-bond acceptors (Lipinski definition) is 4. The molecule has 0 spiro atoms. The topological polar surface area (TPSA) is 54.0 Å². The third-order valence-electron chi connectivity index (χ3n) is 4.41. The molecule has 0 aliphatic heterocycles. The molecule has 0 aliphatic carbocycles. The van der Waals surface area contributed by atoms with E-state index < -0.39 is 0 Å². The molecule has 8 heteroatoms. The summed E-state index contributed by atoms with van der Waals surface area (Å²) >= 11 is 19.4. The minimum Gasteiger partial charge on any atom is -0.332 e. The molecule has 1 amide bonds. The van der Waals surface area contributed by atoms with Crippen molar-refractivity contribution in [2.75, 3.05) is 5.32 Å². The van der Waals surface area contributed by atoms with Gasteiger partial charge in [0.05, 0.1) is 15.2 Å². The number of nitrogens with one attached hydrogen (secondary N) is 2. The maximum atomic E-state index is 12.4. The van der Waals surface area contributed by atoms with Gasteiger partial charge in [-0.3, -0.25) is 10.1 Å². The molecule has 2 N–H and O–H groups in total. The molecule has 3 aromatic carbocycles. The third kappa shape index (κ3) is 4.47. The molecule has 0 bridgehead atoms. The number of para-hydroxylation sites is 1. The van der Waals surface area contributed by atoms with Crippen LogP contribution in [0.15, 0.2) is 60.7 Å². The first-order valence-electron chi connectivity index (χ1n) is 8.95. The summed E-state index contributed by atoms with van der Waals surface area (Å²) in [6.07, 6.45) is 0. The number of fused-ring (bicyclic) bond motifs is 1. The second-order valence-electron chi connectivity index (χ2n) is 6.55. The zero-order chi connectivity index (χ0) is 21.3. The fourth-order valence-electron chi connectivity index (χ4n) is 2.83. The van der Waals surface area contributed by atoms with Gasteiger partial charge in [-0.05, 0) is 67.2 Å². The van der Waals surface area contributed by atoms with Crippen LogP contribution < -0.4 is 10.6 Å². The van der Waals surface area contributed by atoms with Crippen LogP contribution in [0.2, 0.25) is 10.0 Å². The molecular formula is C22H15Cl2N3OS2. The quantitative estimate of drug-likeness (QED) is 0.326. The van der Waals surface area contributed by atoms with E-state index >= 15 is 0 Å². The highest BCUT2D eigenvalue weighted by atomic mass is 35.5. The number of thiocarbonyl (C=S) groups is 1. The average molecular weight is 472 g/mol. The number of anilines is 1. The van der Waals surface area contributed by atoms with Gasteiger partial charge in [0.15, 0.2) is 5.11 Å². The molecule has 0 unspecified atom stereocenters. The number of amides is 1. The van der Waals surface area contributed by atoms with Gasteiger partial charge in [0.25, 0.3) is 5.91 Å². The molecule has 1 heterocycles. The standard InChI is InChI=1S/C22H15Cl2N3OS2/c1-12-6-7-13(10-16(12)23)20(28)27-22(29)25-14-8-9-15(17(24)11-14)21-26-18-4-2-3-5-19(18)30-21/h2-11H,1H3,(H2,25,27,28,29). The van der Waals surface area contributed by atoms with Crippen molar-refractivity contribution in [1.29, 1.82) is 0 Å². The first-order chi connectivity index (χ1) is 14.4. The Bertz CT molecular complexity index is 1250. The maximum absolute atomic E-state index is 12.4. The zero-order valence-electron chi connectivity index (χ0n) is 15.7. The monoisotopic (exact) mass is 471 g/mol. The average Bonchev–Trinajstić information content (AvgIpc) is 3.13. The van der Waals surface area contributed by atoms with Gasteiger partial charge in [-0.1, -0.05) is 41.4 Å². The lowest BCUT2D eigenvalue weighted by Crippen LogP contribution is -2.34. The van der Waals surface area contributed by atoms with Gasteiger partial charge < -0.3 is 5.32 Å². The molecule has 4 rings (SSSR count). The Kier molecular flexibility index (Phi) is 6.01. The molecular weight excluding hydrogens is 457 g/mol. The van der Waals surface area contributed by atoms with E-state index in [2.05, 4.69) is 15.6 Å². The van der Waals surface area contributed by atoms with Gasteiger partial charge in [0.2, 0.25) is 0 Å². The van der Waals surface area contributed by atoms with Crippen LogP contribution in [0.1, 0.15) is 15.9 Å². The number of halogens is 2. The molecule has 30 heavy (non-hydrogen) atoms. The van der Waals surface area contributed by atoms with E-state index in [0.717, 1.165) is 26.4 Å². The second-order valence-corrected chi connectivity index (χ2v) is 8.81. The van der Waals surface area contributed by atoms with Crippen LogP contribution in [0.25, 0.3) is 20.8 Å². The number of carbonyl (C=O) groups excluding carboxylic acids is 1. The van der Waals surface area contributed by atoms with E-state index in [9.17, 15) is 4.79 Å². The van der Waals surface area contributed by atoms with Gasteiger partial charge in [0.1, 0.15) is 5.01 Å². The number of rotatable bonds is 3. The summed E-state index contributed by atoms with van der Waals surface area (Å²) in [4.78, 5) is 17.0. The van der Waals surface area contributed by atoms with Gasteiger partial charge in [0, 0.05) is 21.8 Å². The van der Waals surface area contributed by atoms with E-state index in [1.165, 1.54) is 0 Å². The number of nitrogens with zero attached hydrogens (tertiary/aromatic N) is 1. The lowest BCUT2D eigenvalue weighted by atomic mass is 10.1. The summed E-state index contributed by atoms with van der Waals surface area (Å²) in [5.74, 6) is -0.341. The molecule has 0 radical (unpaired) electrons. The Morgan fingerprint density at radius 3 is 2.57 bits per heavy atom. The normalized spacial score (nSPS) is 10.8. The largest absolute Gasteiger partial charge is 0.332 e. The first kappa shape index (κ1) is 20.8. The lowest BCUT2D eigenvalue weighted by Gasteiger charge is -2.11. The molecule has 0 atom stereocenters. The summed E-state index contributed by atoms with van der Waals surface area (Å²) in [6, 6.07) is 18.5. The van der Waals surface area contributed by atoms with E-state index in [4.69, 9.17) is 35.4 Å². The highest BCUT2D eigenvalue weighted by Gasteiger charge is 2.12. The summed E-state index contributed by atoms with van der Waals surface area (Å²) in [5, 5.41) is 7.71. The molecule has 0 saturated carbocycles. The predicted octanol–water partition coefficient (Wildman–Crippen LogP) is 6.71. The second kappa shape index (κ2) is 8.70. The van der Waals surface area contributed by atoms with Crippen LogP contribution in [0.4, 0.5) is 5.69 Å². The Labute approximate surface area is 192 Å². The molecule has 1 aromatic heterocycles. The molecule has 150 valence electrons. The van der Waals surface area contributed by atoms with Crippen molar-refractivity contribution in [2.45, 2.75) is 6.92 Å². The van der Waals surface area contributed by atoms with Crippen LogP contribution >= 0.6 is 46.8 Å². The van der Waals surface area contributed by atoms with Crippen LogP contribution in [0.5, 0.6) is 0 Å². The maximum Gasteiger partial charge on any atom is 0.257 e. The zero-order valence-corrected chi connectivity index (χ0v) is 18.8. The van der Waals surface area contributed by atoms with Crippen molar-refractivity contribution in [3.8, 4) is 10.6 Å². The number of thiazole rings is 1. The predicted molar refractivity (Wildman–Crippen MR) is 130 cm³/mol. The summed E-state index contributed by atoms with van der Waals surface area (Å²) in [7, 11) is 0. The Hall–Kier alpha value is -2.51. The van der Waals surface area contributed by atoms with Crippen molar-refractivity contribution >= 4 is 73.7 Å². The SMILES string of the molecule is Cc1ccc(C(=O)NC(=S)Nc2ccc(-c3nc4ccccc4s3)c(Cl)c2)cc1Cl. The van der Waals surface area contributed by atoms with Crippen molar-refractivity contribution in [3.63, 3.8) is 0 Å². The smallest absolute Gasteiger partial charge is 0.257 e. The van der Waals surface area contributed by atoms with Gasteiger partial charge in [-0.15, -0.1) is 11.3 Å². The first-order valence-corrected chi connectivity index (χ1v) is 10.9. The van der Waals surface area contributed by atoms with Crippen LogP contribution in [-0.4, -0.2) is 16.0 Å². The number of benzene rings is 3. The van der Waals surface area contributed by atoms with E-state index in [1.807, 2.05) is 43.3 Å². The number of aromatic nitrogens is 1. The van der Waals surface area contributed by atoms with Crippen molar-refractivity contribution in [2.24, 2.45) is 0 Å². The minimum absolute atomic E-state index is 0.167. The highest BCUT2D eigenvalue weighted by Crippen LogP contribution is 2.35. The molecule has 0 saturated heterocycles. The molecule has 4 aromatic rings. The van der Waals surface area contributed by atoms with E-state index in [1.54, 1.807) is 35.6 Å². The van der Waals surface area contributed by atoms with Crippen LogP contribution in [0, 0.1) is 6.92 Å². The summed E-state index contributed by atoms with van der Waals surface area (Å²) in [5.41, 5.74) is 3.77. The van der Waals surface area contributed by atoms with Crippen LogP contribution in [-0.2, 0) is 0 Å². The number of carbonyl (C=O) groups is 1. The van der Waals surface area contributed by atoms with E-state index in [0.29, 0.717) is 21.3 Å². The van der Waals surface area contributed by atoms with Crippen LogP contribution in [0.3, 0.4) is 0 Å². The highest BCUT2D eigenvalue weighted by molar-refractivity contribution is 7.80. The van der Waals surface area contributed by atoms with E-state index in [-0.39, 0.29) is 11.0 Å². The summed E-state index contributed by atoms with van der Waals surface area (Å²) < 4.78 is 1.10. The Morgan fingerprint density at radius 1 is 1.03 bits per heavy atom. The fraction of sp³-hybridized carbons (Fsp3) is 0.0455. The molecule has 0 fully saturated rings.